The zero-order valence-corrected chi connectivity index (χ0v) is 10.2. The van der Waals surface area contributed by atoms with Crippen molar-refractivity contribution in [1.82, 2.24) is 5.32 Å². The predicted molar refractivity (Wildman–Crippen MR) is 65.2 cm³/mol. The molecule has 0 heterocycles. The Morgan fingerprint density at radius 1 is 1.45 bits per heavy atom. The zero-order valence-electron chi connectivity index (χ0n) is 10.2. The molecule has 0 saturated heterocycles. The quantitative estimate of drug-likeness (QED) is 0.454. The number of ether oxygens (including phenoxy) is 1. The van der Waals surface area contributed by atoms with Crippen molar-refractivity contribution in [2.75, 3.05) is 13.2 Å². The number of hydrogen-bond acceptors (Lipinski definition) is 6. The van der Waals surface area contributed by atoms with Crippen LogP contribution in [0, 0.1) is 10.1 Å². The van der Waals surface area contributed by atoms with E-state index in [1.165, 1.54) is 18.2 Å². The molecule has 9 nitrogen and oxygen atoms in total. The smallest absolute Gasteiger partial charge is 0.328 e. The molecule has 1 rings (SSSR count). The minimum atomic E-state index is -1.42. The lowest BCUT2D eigenvalue weighted by molar-refractivity contribution is -0.384. The highest BCUT2D eigenvalue weighted by atomic mass is 16.6. The van der Waals surface area contributed by atoms with Gasteiger partial charge in [-0.1, -0.05) is 6.07 Å². The molecular weight excluding hydrogens is 272 g/mol. The van der Waals surface area contributed by atoms with Crippen LogP contribution < -0.4 is 10.1 Å². The first-order valence-corrected chi connectivity index (χ1v) is 5.44. The summed E-state index contributed by atoms with van der Waals surface area (Å²) < 4.78 is 4.99. The van der Waals surface area contributed by atoms with E-state index in [-0.39, 0.29) is 11.4 Å². The van der Waals surface area contributed by atoms with Crippen molar-refractivity contribution in [3.8, 4) is 5.75 Å². The second-order valence-corrected chi connectivity index (χ2v) is 3.68. The van der Waals surface area contributed by atoms with Gasteiger partial charge in [-0.3, -0.25) is 14.9 Å². The van der Waals surface area contributed by atoms with Crippen LogP contribution in [0.3, 0.4) is 0 Å². The molecule has 1 unspecified atom stereocenters. The molecule has 1 amide bonds. The van der Waals surface area contributed by atoms with E-state index in [0.717, 1.165) is 6.07 Å². The first-order chi connectivity index (χ1) is 9.43. The van der Waals surface area contributed by atoms with E-state index in [1.807, 2.05) is 5.32 Å². The second kappa shape index (κ2) is 7.04. The number of carboxylic acid groups (broad SMARTS) is 1. The molecule has 108 valence electrons. The number of nitro benzene ring substituents is 1. The van der Waals surface area contributed by atoms with Crippen LogP contribution in [0.15, 0.2) is 24.3 Å². The van der Waals surface area contributed by atoms with Crippen molar-refractivity contribution >= 4 is 17.6 Å². The summed E-state index contributed by atoms with van der Waals surface area (Å²) in [5, 5.41) is 29.9. The SMILES string of the molecule is O=C(COc1cccc([N+](=O)[O-])c1)NC(CO)C(=O)O. The van der Waals surface area contributed by atoms with E-state index in [4.69, 9.17) is 14.9 Å². The van der Waals surface area contributed by atoms with Crippen LogP contribution in [0.5, 0.6) is 5.75 Å². The molecule has 0 aliphatic heterocycles. The fourth-order valence-corrected chi connectivity index (χ4v) is 1.26. The Labute approximate surface area is 112 Å². The Morgan fingerprint density at radius 2 is 2.15 bits per heavy atom. The highest BCUT2D eigenvalue weighted by molar-refractivity contribution is 5.84. The third-order valence-corrected chi connectivity index (χ3v) is 2.21. The fraction of sp³-hybridized carbons (Fsp3) is 0.273. The lowest BCUT2D eigenvalue weighted by atomic mass is 10.3. The number of non-ortho nitro benzene ring substituents is 1. The molecule has 20 heavy (non-hydrogen) atoms. The van der Waals surface area contributed by atoms with Crippen molar-refractivity contribution in [2.24, 2.45) is 0 Å². The number of carbonyl (C=O) groups is 2. The molecule has 0 aliphatic carbocycles. The Kier molecular flexibility index (Phi) is 5.42. The molecule has 0 saturated carbocycles. The monoisotopic (exact) mass is 284 g/mol. The van der Waals surface area contributed by atoms with Crippen molar-refractivity contribution in [1.29, 1.82) is 0 Å². The molecule has 0 radical (unpaired) electrons. The predicted octanol–water partition coefficient (Wildman–Crippen LogP) is -0.465. The van der Waals surface area contributed by atoms with Gasteiger partial charge in [-0.15, -0.1) is 0 Å². The van der Waals surface area contributed by atoms with Crippen molar-refractivity contribution in [2.45, 2.75) is 6.04 Å². The van der Waals surface area contributed by atoms with E-state index < -0.39 is 36.1 Å². The van der Waals surface area contributed by atoms with Crippen molar-refractivity contribution < 1.29 is 29.5 Å². The molecule has 1 aromatic carbocycles. The number of aliphatic hydroxyl groups excluding tert-OH is 1. The number of amides is 1. The van der Waals surface area contributed by atoms with Gasteiger partial charge in [-0.25, -0.2) is 4.79 Å². The summed E-state index contributed by atoms with van der Waals surface area (Å²) in [4.78, 5) is 31.9. The van der Waals surface area contributed by atoms with Gasteiger partial charge in [-0.05, 0) is 6.07 Å². The van der Waals surface area contributed by atoms with Gasteiger partial charge in [0.1, 0.15) is 11.8 Å². The van der Waals surface area contributed by atoms with Gasteiger partial charge in [0.2, 0.25) is 0 Å². The minimum Gasteiger partial charge on any atom is -0.484 e. The lowest BCUT2D eigenvalue weighted by Crippen LogP contribution is -2.45. The molecule has 3 N–H and O–H groups in total. The van der Waals surface area contributed by atoms with Crippen LogP contribution in [-0.2, 0) is 9.59 Å². The summed E-state index contributed by atoms with van der Waals surface area (Å²) in [7, 11) is 0. The number of benzene rings is 1. The number of carboxylic acids is 1. The van der Waals surface area contributed by atoms with Crippen molar-refractivity contribution in [3.63, 3.8) is 0 Å². The number of aliphatic carboxylic acids is 1. The minimum absolute atomic E-state index is 0.102. The van der Waals surface area contributed by atoms with Crippen LogP contribution in [0.25, 0.3) is 0 Å². The molecule has 0 spiro atoms. The molecule has 0 fully saturated rings. The summed E-state index contributed by atoms with van der Waals surface area (Å²) in [6.07, 6.45) is 0. The maximum atomic E-state index is 11.4. The third-order valence-electron chi connectivity index (χ3n) is 2.21. The number of rotatable bonds is 7. The summed E-state index contributed by atoms with van der Waals surface area (Å²) in [6.45, 7) is -1.27. The zero-order chi connectivity index (χ0) is 15.1. The van der Waals surface area contributed by atoms with Gasteiger partial charge >= 0.3 is 5.97 Å². The van der Waals surface area contributed by atoms with Crippen LogP contribution in [0.2, 0.25) is 0 Å². The summed E-state index contributed by atoms with van der Waals surface area (Å²) >= 11 is 0. The third kappa shape index (κ3) is 4.53. The Balaban J connectivity index is 2.54. The van der Waals surface area contributed by atoms with Crippen LogP contribution in [-0.4, -0.2) is 46.3 Å². The normalized spacial score (nSPS) is 11.4. The molecule has 0 bridgehead atoms. The van der Waals surface area contributed by atoms with E-state index in [2.05, 4.69) is 0 Å². The highest BCUT2D eigenvalue weighted by Gasteiger charge is 2.18. The molecule has 9 heteroatoms. The maximum absolute atomic E-state index is 11.4. The van der Waals surface area contributed by atoms with Crippen molar-refractivity contribution in [3.05, 3.63) is 34.4 Å². The van der Waals surface area contributed by atoms with Gasteiger partial charge in [0, 0.05) is 6.07 Å². The number of nitrogens with zero attached hydrogens (tertiary/aromatic N) is 1. The van der Waals surface area contributed by atoms with Gasteiger partial charge < -0.3 is 20.3 Å². The van der Waals surface area contributed by atoms with Gasteiger partial charge in [0.25, 0.3) is 11.6 Å². The summed E-state index contributed by atoms with van der Waals surface area (Å²) in [5.74, 6) is -2.04. The molecule has 0 aliphatic rings. The molecule has 1 aromatic rings. The first-order valence-electron chi connectivity index (χ1n) is 5.44. The van der Waals surface area contributed by atoms with Gasteiger partial charge in [0.15, 0.2) is 6.61 Å². The van der Waals surface area contributed by atoms with Crippen LogP contribution in [0.4, 0.5) is 5.69 Å². The number of nitro groups is 1. The standard InChI is InChI=1S/C11H12N2O7/c14-5-9(11(16)17)12-10(15)6-20-8-3-1-2-7(4-8)13(18)19/h1-4,9,14H,5-6H2,(H,12,15)(H,16,17). The summed E-state index contributed by atoms with van der Waals surface area (Å²) in [5.41, 5.74) is -0.193. The van der Waals surface area contributed by atoms with Crippen LogP contribution >= 0.6 is 0 Å². The van der Waals surface area contributed by atoms with Crippen LogP contribution in [0.1, 0.15) is 0 Å². The Hall–Kier alpha value is -2.68. The number of carbonyl (C=O) groups excluding carboxylic acids is 1. The van der Waals surface area contributed by atoms with E-state index in [9.17, 15) is 19.7 Å². The molecule has 1 atom stereocenters. The van der Waals surface area contributed by atoms with E-state index in [1.54, 1.807) is 0 Å². The Morgan fingerprint density at radius 3 is 2.70 bits per heavy atom. The number of aliphatic hydroxyl groups is 1. The van der Waals surface area contributed by atoms with Gasteiger partial charge in [0.05, 0.1) is 17.6 Å². The van der Waals surface area contributed by atoms with E-state index in [0.29, 0.717) is 0 Å². The number of nitrogens with one attached hydrogen (secondary N) is 1. The van der Waals surface area contributed by atoms with Gasteiger partial charge in [-0.2, -0.15) is 0 Å². The average Bonchev–Trinajstić information content (AvgIpc) is 2.42. The molecule has 0 aromatic heterocycles. The second-order valence-electron chi connectivity index (χ2n) is 3.68. The average molecular weight is 284 g/mol. The largest absolute Gasteiger partial charge is 0.484 e. The topological polar surface area (TPSA) is 139 Å². The Bertz CT molecular complexity index is 517. The maximum Gasteiger partial charge on any atom is 0.328 e. The first kappa shape index (κ1) is 15.4. The highest BCUT2D eigenvalue weighted by Crippen LogP contribution is 2.18. The number of hydrogen-bond donors (Lipinski definition) is 3. The summed E-state index contributed by atoms with van der Waals surface area (Å²) in [6, 6.07) is 3.78. The fourth-order valence-electron chi connectivity index (χ4n) is 1.26. The lowest BCUT2D eigenvalue weighted by Gasteiger charge is -2.12. The van der Waals surface area contributed by atoms with E-state index >= 15 is 0 Å². The molecular formula is C11H12N2O7.